The second kappa shape index (κ2) is 8.03. The van der Waals surface area contributed by atoms with Gasteiger partial charge in [-0.2, -0.15) is 0 Å². The van der Waals surface area contributed by atoms with Crippen molar-refractivity contribution in [3.8, 4) is 5.75 Å². The standard InChI is InChI=1S/C20H25N3O2/c1-25-16-9-4-8-15(12-16)19(24)13-22-20(21)23-18-11-5-7-14-6-2-3-10-17(14)18/h4-5,7-9,11-12,19,24H,2-3,6,10,13H2,1H3,(H3,21,22,23). The number of nitrogens with zero attached hydrogens (tertiary/aromatic N) is 1. The van der Waals surface area contributed by atoms with Crippen molar-refractivity contribution in [2.75, 3.05) is 19.0 Å². The molecule has 2 aromatic carbocycles. The van der Waals surface area contributed by atoms with Gasteiger partial charge in [0.1, 0.15) is 5.75 Å². The van der Waals surface area contributed by atoms with Gasteiger partial charge in [-0.3, -0.25) is 4.99 Å². The Balaban J connectivity index is 1.66. The van der Waals surface area contributed by atoms with Gasteiger partial charge in [-0.1, -0.05) is 24.3 Å². The normalized spacial score (nSPS) is 15.4. The lowest BCUT2D eigenvalue weighted by molar-refractivity contribution is 0.187. The number of nitrogens with one attached hydrogen (secondary N) is 1. The minimum absolute atomic E-state index is 0.195. The Kier molecular flexibility index (Phi) is 5.56. The Morgan fingerprint density at radius 3 is 2.88 bits per heavy atom. The predicted molar refractivity (Wildman–Crippen MR) is 101 cm³/mol. The molecule has 5 nitrogen and oxygen atoms in total. The second-order valence-corrected chi connectivity index (χ2v) is 6.29. The van der Waals surface area contributed by atoms with E-state index in [1.807, 2.05) is 30.3 Å². The lowest BCUT2D eigenvalue weighted by Gasteiger charge is -2.20. The van der Waals surface area contributed by atoms with Crippen molar-refractivity contribution in [1.29, 1.82) is 0 Å². The van der Waals surface area contributed by atoms with Crippen LogP contribution in [0.5, 0.6) is 5.75 Å². The fourth-order valence-corrected chi connectivity index (χ4v) is 3.21. The maximum Gasteiger partial charge on any atom is 0.193 e. The number of fused-ring (bicyclic) bond motifs is 1. The van der Waals surface area contributed by atoms with Crippen LogP contribution < -0.4 is 15.8 Å². The summed E-state index contributed by atoms with van der Waals surface area (Å²) in [7, 11) is 1.60. The van der Waals surface area contributed by atoms with Gasteiger partial charge < -0.3 is 20.9 Å². The number of guanidine groups is 1. The van der Waals surface area contributed by atoms with Crippen molar-refractivity contribution < 1.29 is 9.84 Å². The molecular formula is C20H25N3O2. The molecule has 0 fully saturated rings. The number of nitrogens with two attached hydrogens (primary N) is 1. The van der Waals surface area contributed by atoms with Crippen LogP contribution in [-0.2, 0) is 12.8 Å². The van der Waals surface area contributed by atoms with Crippen LogP contribution >= 0.6 is 0 Å². The molecule has 0 heterocycles. The molecule has 0 bridgehead atoms. The number of anilines is 1. The second-order valence-electron chi connectivity index (χ2n) is 6.29. The minimum Gasteiger partial charge on any atom is -0.497 e. The van der Waals surface area contributed by atoms with Crippen LogP contribution in [0.1, 0.15) is 35.6 Å². The number of aliphatic hydroxyl groups excluding tert-OH is 1. The van der Waals surface area contributed by atoms with Crippen molar-refractivity contribution in [2.24, 2.45) is 10.7 Å². The number of hydrogen-bond donors (Lipinski definition) is 3. The Labute approximate surface area is 148 Å². The van der Waals surface area contributed by atoms with E-state index in [9.17, 15) is 5.11 Å². The molecule has 1 aliphatic rings. The number of hydrogen-bond acceptors (Lipinski definition) is 3. The molecule has 0 spiro atoms. The van der Waals surface area contributed by atoms with E-state index in [4.69, 9.17) is 10.5 Å². The van der Waals surface area contributed by atoms with Gasteiger partial charge in [0.2, 0.25) is 0 Å². The average Bonchev–Trinajstić information content (AvgIpc) is 2.66. The number of methoxy groups -OCH3 is 1. The summed E-state index contributed by atoms with van der Waals surface area (Å²) in [5.74, 6) is 1.03. The fourth-order valence-electron chi connectivity index (χ4n) is 3.21. The molecule has 1 atom stereocenters. The maximum absolute atomic E-state index is 10.3. The average molecular weight is 339 g/mol. The summed E-state index contributed by atoms with van der Waals surface area (Å²) in [5, 5.41) is 13.5. The van der Waals surface area contributed by atoms with Gasteiger partial charge in [-0.25, -0.2) is 0 Å². The van der Waals surface area contributed by atoms with E-state index in [2.05, 4.69) is 16.4 Å². The van der Waals surface area contributed by atoms with E-state index < -0.39 is 6.10 Å². The third-order valence-electron chi connectivity index (χ3n) is 4.57. The van der Waals surface area contributed by atoms with E-state index >= 15 is 0 Å². The number of aliphatic imine (C=N–C) groups is 1. The van der Waals surface area contributed by atoms with E-state index in [0.717, 1.165) is 24.1 Å². The minimum atomic E-state index is -0.722. The zero-order chi connectivity index (χ0) is 17.6. The van der Waals surface area contributed by atoms with E-state index in [1.54, 1.807) is 13.2 Å². The van der Waals surface area contributed by atoms with Gasteiger partial charge in [0.25, 0.3) is 0 Å². The first kappa shape index (κ1) is 17.3. The largest absolute Gasteiger partial charge is 0.497 e. The number of rotatable bonds is 5. The summed E-state index contributed by atoms with van der Waals surface area (Å²) < 4.78 is 5.18. The molecule has 0 amide bonds. The first-order valence-corrected chi connectivity index (χ1v) is 8.67. The third-order valence-corrected chi connectivity index (χ3v) is 4.57. The number of benzene rings is 2. The van der Waals surface area contributed by atoms with Crippen LogP contribution in [0.25, 0.3) is 0 Å². The van der Waals surface area contributed by atoms with Crippen LogP contribution in [0, 0.1) is 0 Å². The van der Waals surface area contributed by atoms with E-state index in [0.29, 0.717) is 11.7 Å². The molecule has 1 aliphatic carbocycles. The predicted octanol–water partition coefficient (Wildman–Crippen LogP) is 3.03. The quantitative estimate of drug-likeness (QED) is 0.578. The summed E-state index contributed by atoms with van der Waals surface area (Å²) in [6.45, 7) is 0.195. The van der Waals surface area contributed by atoms with Crippen molar-refractivity contribution in [2.45, 2.75) is 31.8 Å². The monoisotopic (exact) mass is 339 g/mol. The number of aryl methyl sites for hydroxylation is 1. The maximum atomic E-state index is 10.3. The molecular weight excluding hydrogens is 314 g/mol. The zero-order valence-electron chi connectivity index (χ0n) is 14.5. The smallest absolute Gasteiger partial charge is 0.193 e. The van der Waals surface area contributed by atoms with Gasteiger partial charge in [0.05, 0.1) is 19.8 Å². The van der Waals surface area contributed by atoms with Gasteiger partial charge in [-0.05, 0) is 60.6 Å². The van der Waals surface area contributed by atoms with Crippen LogP contribution in [-0.4, -0.2) is 24.7 Å². The van der Waals surface area contributed by atoms with Crippen LogP contribution in [0.4, 0.5) is 5.69 Å². The Hall–Kier alpha value is -2.53. The summed E-state index contributed by atoms with van der Waals surface area (Å²) in [6.07, 6.45) is 3.92. The molecule has 25 heavy (non-hydrogen) atoms. The molecule has 4 N–H and O–H groups in total. The van der Waals surface area contributed by atoms with Crippen LogP contribution in [0.15, 0.2) is 47.5 Å². The SMILES string of the molecule is COc1cccc(C(O)CN=C(N)Nc2cccc3c2CCCC3)c1. The van der Waals surface area contributed by atoms with E-state index in [1.165, 1.54) is 24.0 Å². The van der Waals surface area contributed by atoms with Gasteiger partial charge in [0, 0.05) is 5.69 Å². The molecule has 0 radical (unpaired) electrons. The number of aliphatic hydroxyl groups is 1. The molecule has 132 valence electrons. The Bertz CT molecular complexity index is 758. The highest BCUT2D eigenvalue weighted by Gasteiger charge is 2.13. The lowest BCUT2D eigenvalue weighted by atomic mass is 9.90. The number of ether oxygens (including phenoxy) is 1. The molecule has 2 aromatic rings. The summed E-state index contributed by atoms with van der Waals surface area (Å²) in [4.78, 5) is 4.29. The molecule has 5 heteroatoms. The van der Waals surface area contributed by atoms with E-state index in [-0.39, 0.29) is 6.54 Å². The van der Waals surface area contributed by atoms with Gasteiger partial charge in [0.15, 0.2) is 5.96 Å². The topological polar surface area (TPSA) is 79.9 Å². The summed E-state index contributed by atoms with van der Waals surface area (Å²) in [5.41, 5.74) is 10.5. The fraction of sp³-hybridized carbons (Fsp3) is 0.350. The summed E-state index contributed by atoms with van der Waals surface area (Å²) in [6, 6.07) is 13.6. The first-order chi connectivity index (χ1) is 12.2. The Morgan fingerprint density at radius 1 is 1.24 bits per heavy atom. The van der Waals surface area contributed by atoms with Crippen molar-refractivity contribution in [3.05, 3.63) is 59.2 Å². The van der Waals surface area contributed by atoms with Crippen molar-refractivity contribution in [1.82, 2.24) is 0 Å². The lowest BCUT2D eigenvalue weighted by Crippen LogP contribution is -2.25. The highest BCUT2D eigenvalue weighted by atomic mass is 16.5. The summed E-state index contributed by atoms with van der Waals surface area (Å²) >= 11 is 0. The Morgan fingerprint density at radius 2 is 2.04 bits per heavy atom. The highest BCUT2D eigenvalue weighted by molar-refractivity contribution is 5.93. The molecule has 0 saturated carbocycles. The van der Waals surface area contributed by atoms with Crippen LogP contribution in [0.3, 0.4) is 0 Å². The first-order valence-electron chi connectivity index (χ1n) is 8.67. The molecule has 1 unspecified atom stereocenters. The molecule has 3 rings (SSSR count). The highest BCUT2D eigenvalue weighted by Crippen LogP contribution is 2.27. The third kappa shape index (κ3) is 4.31. The van der Waals surface area contributed by atoms with Gasteiger partial charge in [-0.15, -0.1) is 0 Å². The van der Waals surface area contributed by atoms with Crippen LogP contribution in [0.2, 0.25) is 0 Å². The molecule has 0 saturated heterocycles. The van der Waals surface area contributed by atoms with Crippen molar-refractivity contribution in [3.63, 3.8) is 0 Å². The molecule has 0 aromatic heterocycles. The van der Waals surface area contributed by atoms with Crippen molar-refractivity contribution >= 4 is 11.6 Å². The molecule has 0 aliphatic heterocycles. The van der Waals surface area contributed by atoms with Gasteiger partial charge >= 0.3 is 0 Å². The zero-order valence-corrected chi connectivity index (χ0v) is 14.5.